The second kappa shape index (κ2) is 9.69. The maximum Gasteiger partial charge on any atom is 0.255 e. The molecule has 0 spiro atoms. The minimum atomic E-state index is -0.192. The minimum absolute atomic E-state index is 0.192. The molecule has 0 radical (unpaired) electrons. The molecule has 6 heteroatoms. The van der Waals surface area contributed by atoms with Gasteiger partial charge in [0.25, 0.3) is 5.91 Å². The Morgan fingerprint density at radius 2 is 1.70 bits per heavy atom. The van der Waals surface area contributed by atoms with E-state index in [4.69, 9.17) is 9.84 Å². The first-order valence-electron chi connectivity index (χ1n) is 11.4. The molecule has 6 nitrogen and oxygen atoms in total. The van der Waals surface area contributed by atoms with Gasteiger partial charge in [0, 0.05) is 18.0 Å². The lowest BCUT2D eigenvalue weighted by atomic mass is 10.1. The number of rotatable bonds is 7. The molecule has 1 saturated carbocycles. The number of nitrogens with one attached hydrogen (secondary N) is 1. The minimum Gasteiger partial charge on any atom is -0.457 e. The molecule has 0 unspecified atom stereocenters. The van der Waals surface area contributed by atoms with Gasteiger partial charge < -0.3 is 10.1 Å². The quantitative estimate of drug-likeness (QED) is 0.397. The molecular formula is C27H26N4O2. The summed E-state index contributed by atoms with van der Waals surface area (Å²) in [5.41, 5.74) is 3.49. The maximum absolute atomic E-state index is 13.0. The molecular weight excluding hydrogens is 412 g/mol. The average Bonchev–Trinajstić information content (AvgIpc) is 3.54. The Balaban J connectivity index is 1.34. The smallest absolute Gasteiger partial charge is 0.255 e. The van der Waals surface area contributed by atoms with Gasteiger partial charge in [0.15, 0.2) is 0 Å². The molecule has 0 aliphatic heterocycles. The Hall–Kier alpha value is -3.93. The van der Waals surface area contributed by atoms with Crippen LogP contribution in [0.3, 0.4) is 0 Å². The Kier molecular flexibility index (Phi) is 6.15. The fourth-order valence-corrected chi connectivity index (χ4v) is 4.32. The van der Waals surface area contributed by atoms with E-state index in [2.05, 4.69) is 21.0 Å². The third-order valence-corrected chi connectivity index (χ3v) is 5.97. The fourth-order valence-electron chi connectivity index (χ4n) is 4.32. The first kappa shape index (κ1) is 20.9. The highest BCUT2D eigenvalue weighted by Crippen LogP contribution is 2.33. The van der Waals surface area contributed by atoms with Gasteiger partial charge in [-0.2, -0.15) is 5.10 Å². The summed E-state index contributed by atoms with van der Waals surface area (Å²) < 4.78 is 8.08. The number of hydrogen-bond donors (Lipinski definition) is 1. The van der Waals surface area contributed by atoms with Crippen molar-refractivity contribution in [1.82, 2.24) is 20.1 Å². The summed E-state index contributed by atoms with van der Waals surface area (Å²) >= 11 is 0. The van der Waals surface area contributed by atoms with Crippen molar-refractivity contribution in [1.29, 1.82) is 0 Å². The summed E-state index contributed by atoms with van der Waals surface area (Å²) in [4.78, 5) is 17.2. The third-order valence-electron chi connectivity index (χ3n) is 5.97. The van der Waals surface area contributed by atoms with Crippen LogP contribution in [0.5, 0.6) is 11.5 Å². The Morgan fingerprint density at radius 1 is 0.970 bits per heavy atom. The second-order valence-corrected chi connectivity index (χ2v) is 8.23. The van der Waals surface area contributed by atoms with E-state index in [-0.39, 0.29) is 5.91 Å². The van der Waals surface area contributed by atoms with E-state index in [0.29, 0.717) is 29.6 Å². The first-order chi connectivity index (χ1) is 16.3. The summed E-state index contributed by atoms with van der Waals surface area (Å²) in [7, 11) is 0. The Bertz CT molecular complexity index is 1220. The predicted molar refractivity (Wildman–Crippen MR) is 127 cm³/mol. The summed E-state index contributed by atoms with van der Waals surface area (Å²) in [6, 6.07) is 23.2. The van der Waals surface area contributed by atoms with Gasteiger partial charge in [0.05, 0.1) is 29.5 Å². The van der Waals surface area contributed by atoms with Crippen LogP contribution < -0.4 is 10.1 Å². The molecule has 2 aromatic carbocycles. The van der Waals surface area contributed by atoms with Gasteiger partial charge in [-0.3, -0.25) is 14.5 Å². The van der Waals surface area contributed by atoms with E-state index >= 15 is 0 Å². The van der Waals surface area contributed by atoms with Crippen molar-refractivity contribution in [2.24, 2.45) is 0 Å². The molecule has 166 valence electrons. The normalized spacial score (nSPS) is 13.7. The van der Waals surface area contributed by atoms with Crippen LogP contribution in [0.4, 0.5) is 0 Å². The number of benzene rings is 2. The van der Waals surface area contributed by atoms with Gasteiger partial charge in [-0.1, -0.05) is 43.2 Å². The number of carbonyl (C=O) groups is 1. The van der Waals surface area contributed by atoms with Crippen LogP contribution >= 0.6 is 0 Å². The monoisotopic (exact) mass is 438 g/mol. The largest absolute Gasteiger partial charge is 0.457 e. The molecule has 1 aliphatic rings. The third kappa shape index (κ3) is 4.80. The van der Waals surface area contributed by atoms with Gasteiger partial charge in [-0.05, 0) is 55.3 Å². The highest BCUT2D eigenvalue weighted by atomic mass is 16.5. The van der Waals surface area contributed by atoms with Crippen LogP contribution in [-0.4, -0.2) is 20.7 Å². The van der Waals surface area contributed by atoms with Crippen LogP contribution in [0.2, 0.25) is 0 Å². The zero-order valence-corrected chi connectivity index (χ0v) is 18.4. The Morgan fingerprint density at radius 3 is 2.48 bits per heavy atom. The molecule has 1 amide bonds. The van der Waals surface area contributed by atoms with Crippen LogP contribution in [0.1, 0.15) is 47.8 Å². The SMILES string of the molecule is O=C(NCc1cc(-c2ccncc2)n(C2CCCC2)n1)c1ccccc1Oc1ccccc1. The number of para-hydroxylation sites is 2. The van der Waals surface area contributed by atoms with E-state index in [0.717, 1.165) is 29.8 Å². The summed E-state index contributed by atoms with van der Waals surface area (Å²) in [6.45, 7) is 0.344. The summed E-state index contributed by atoms with van der Waals surface area (Å²) in [6.07, 6.45) is 8.32. The molecule has 0 atom stereocenters. The van der Waals surface area contributed by atoms with Crippen molar-refractivity contribution in [3.8, 4) is 22.8 Å². The van der Waals surface area contributed by atoms with E-state index in [1.165, 1.54) is 12.8 Å². The van der Waals surface area contributed by atoms with Gasteiger partial charge in [0.2, 0.25) is 0 Å². The van der Waals surface area contributed by atoms with Gasteiger partial charge in [-0.15, -0.1) is 0 Å². The zero-order valence-electron chi connectivity index (χ0n) is 18.4. The molecule has 0 saturated heterocycles. The van der Waals surface area contributed by atoms with Crippen molar-refractivity contribution in [2.75, 3.05) is 0 Å². The summed E-state index contributed by atoms with van der Waals surface area (Å²) in [5, 5.41) is 7.89. The lowest BCUT2D eigenvalue weighted by Crippen LogP contribution is -2.23. The fraction of sp³-hybridized carbons (Fsp3) is 0.222. The van der Waals surface area contributed by atoms with Gasteiger partial charge in [-0.25, -0.2) is 0 Å². The number of pyridine rings is 1. The highest BCUT2D eigenvalue weighted by Gasteiger charge is 2.22. The zero-order chi connectivity index (χ0) is 22.5. The highest BCUT2D eigenvalue weighted by molar-refractivity contribution is 5.97. The predicted octanol–water partition coefficient (Wildman–Crippen LogP) is 5.78. The number of ether oxygens (including phenoxy) is 1. The van der Waals surface area contributed by atoms with E-state index < -0.39 is 0 Å². The van der Waals surface area contributed by atoms with Crippen LogP contribution in [-0.2, 0) is 6.54 Å². The molecule has 1 aliphatic carbocycles. The van der Waals surface area contributed by atoms with Crippen molar-refractivity contribution >= 4 is 5.91 Å². The van der Waals surface area contributed by atoms with Crippen LogP contribution in [0, 0.1) is 0 Å². The lowest BCUT2D eigenvalue weighted by molar-refractivity contribution is 0.0948. The van der Waals surface area contributed by atoms with Crippen LogP contribution in [0.15, 0.2) is 85.2 Å². The van der Waals surface area contributed by atoms with Crippen molar-refractivity contribution in [3.05, 3.63) is 96.4 Å². The van der Waals surface area contributed by atoms with E-state index in [1.54, 1.807) is 24.5 Å². The topological polar surface area (TPSA) is 69.0 Å². The molecule has 1 fully saturated rings. The maximum atomic E-state index is 13.0. The molecule has 4 aromatic rings. The number of amides is 1. The van der Waals surface area contributed by atoms with Crippen molar-refractivity contribution in [3.63, 3.8) is 0 Å². The molecule has 2 aromatic heterocycles. The molecule has 2 heterocycles. The second-order valence-electron chi connectivity index (χ2n) is 8.23. The van der Waals surface area contributed by atoms with Crippen molar-refractivity contribution < 1.29 is 9.53 Å². The molecule has 33 heavy (non-hydrogen) atoms. The van der Waals surface area contributed by atoms with E-state index in [9.17, 15) is 4.79 Å². The number of carbonyl (C=O) groups excluding carboxylic acids is 1. The van der Waals surface area contributed by atoms with Gasteiger partial charge in [0.1, 0.15) is 11.5 Å². The molecule has 1 N–H and O–H groups in total. The number of nitrogens with zero attached hydrogens (tertiary/aromatic N) is 3. The average molecular weight is 439 g/mol. The van der Waals surface area contributed by atoms with E-state index in [1.807, 2.05) is 54.6 Å². The lowest BCUT2D eigenvalue weighted by Gasteiger charge is -2.14. The molecule has 5 rings (SSSR count). The standard InChI is InChI=1S/C27H26N4O2/c32-27(24-12-6-7-13-26(24)33-23-10-2-1-3-11-23)29-19-21-18-25(20-14-16-28-17-15-20)31(30-21)22-8-4-5-9-22/h1-3,6-7,10-18,22H,4-5,8-9,19H2,(H,29,32). The summed E-state index contributed by atoms with van der Waals surface area (Å²) in [5.74, 6) is 1.02. The van der Waals surface area contributed by atoms with Crippen molar-refractivity contribution in [2.45, 2.75) is 38.3 Å². The number of hydrogen-bond acceptors (Lipinski definition) is 4. The Labute approximate surface area is 193 Å². The first-order valence-corrected chi connectivity index (χ1v) is 11.4. The van der Waals surface area contributed by atoms with Crippen LogP contribution in [0.25, 0.3) is 11.3 Å². The number of aromatic nitrogens is 3. The van der Waals surface area contributed by atoms with Gasteiger partial charge >= 0.3 is 0 Å². The molecule has 0 bridgehead atoms.